The molecule has 1 aromatic carbocycles. The zero-order valence-corrected chi connectivity index (χ0v) is 13.2. The Bertz CT molecular complexity index is 489. The first-order chi connectivity index (χ1) is 8.33. The van der Waals surface area contributed by atoms with Crippen LogP contribution in [0.5, 0.6) is 0 Å². The van der Waals surface area contributed by atoms with Crippen LogP contribution in [0, 0.1) is 0 Å². The van der Waals surface area contributed by atoms with Gasteiger partial charge in [-0.1, -0.05) is 26.0 Å². The smallest absolute Gasteiger partial charge is 0.236 e. The number of anilines is 1. The summed E-state index contributed by atoms with van der Waals surface area (Å²) >= 11 is 3.32. The summed E-state index contributed by atoms with van der Waals surface area (Å²) < 4.78 is 27.5. The molecule has 1 unspecified atom stereocenters. The molecule has 102 valence electrons. The van der Waals surface area contributed by atoms with Crippen molar-refractivity contribution in [2.75, 3.05) is 11.3 Å². The largest absolute Gasteiger partial charge is 0.313 e. The van der Waals surface area contributed by atoms with Gasteiger partial charge >= 0.3 is 0 Å². The minimum Gasteiger partial charge on any atom is -0.313 e. The summed E-state index contributed by atoms with van der Waals surface area (Å²) in [6.45, 7) is 6.09. The van der Waals surface area contributed by atoms with Gasteiger partial charge in [0.15, 0.2) is 0 Å². The molecule has 1 atom stereocenters. The van der Waals surface area contributed by atoms with E-state index in [0.29, 0.717) is 12.2 Å². The van der Waals surface area contributed by atoms with Crippen LogP contribution >= 0.6 is 15.9 Å². The van der Waals surface area contributed by atoms with Crippen molar-refractivity contribution in [2.24, 2.45) is 0 Å². The van der Waals surface area contributed by atoms with E-state index in [2.05, 4.69) is 26.0 Å². The van der Waals surface area contributed by atoms with E-state index in [1.54, 1.807) is 25.1 Å². The fourth-order valence-electron chi connectivity index (χ4n) is 1.31. The lowest BCUT2D eigenvalue weighted by Gasteiger charge is -2.17. The summed E-state index contributed by atoms with van der Waals surface area (Å²) in [6.07, 6.45) is 0. The first-order valence-corrected chi connectivity index (χ1v) is 8.16. The normalized spacial score (nSPS) is 13.6. The van der Waals surface area contributed by atoms with Crippen LogP contribution in [-0.4, -0.2) is 26.3 Å². The topological polar surface area (TPSA) is 58.2 Å². The van der Waals surface area contributed by atoms with Gasteiger partial charge < -0.3 is 5.32 Å². The van der Waals surface area contributed by atoms with Gasteiger partial charge in [0.1, 0.15) is 0 Å². The fourth-order valence-corrected chi connectivity index (χ4v) is 2.83. The Labute approximate surface area is 117 Å². The number of rotatable bonds is 6. The maximum Gasteiger partial charge on any atom is 0.236 e. The van der Waals surface area contributed by atoms with Crippen molar-refractivity contribution in [2.45, 2.75) is 32.1 Å². The SMILES string of the molecule is CC(C)NCC(C)S(=O)(=O)Nc1ccccc1Br. The molecule has 0 saturated heterocycles. The summed E-state index contributed by atoms with van der Waals surface area (Å²) in [4.78, 5) is 0. The van der Waals surface area contributed by atoms with E-state index in [0.717, 1.165) is 4.47 Å². The summed E-state index contributed by atoms with van der Waals surface area (Å²) in [5, 5.41) is 2.63. The van der Waals surface area contributed by atoms with Crippen molar-refractivity contribution in [3.8, 4) is 0 Å². The molecule has 0 aliphatic rings. The molecule has 0 aromatic heterocycles. The van der Waals surface area contributed by atoms with Crippen LogP contribution in [0.15, 0.2) is 28.7 Å². The van der Waals surface area contributed by atoms with Crippen LogP contribution in [0.3, 0.4) is 0 Å². The highest BCUT2D eigenvalue weighted by Crippen LogP contribution is 2.23. The minimum atomic E-state index is -3.37. The van der Waals surface area contributed by atoms with Crippen molar-refractivity contribution in [1.82, 2.24) is 5.32 Å². The van der Waals surface area contributed by atoms with E-state index >= 15 is 0 Å². The molecule has 0 aliphatic carbocycles. The standard InChI is InChI=1S/C12H19BrN2O2S/c1-9(2)14-8-10(3)18(16,17)15-12-7-5-4-6-11(12)13/h4-7,9-10,14-15H,8H2,1-3H3. The molecular formula is C12H19BrN2O2S. The lowest BCUT2D eigenvalue weighted by Crippen LogP contribution is -2.37. The van der Waals surface area contributed by atoms with E-state index in [-0.39, 0.29) is 6.04 Å². The molecule has 1 rings (SSSR count). The average Bonchev–Trinajstić information content (AvgIpc) is 2.28. The van der Waals surface area contributed by atoms with E-state index in [1.807, 2.05) is 19.9 Å². The summed E-state index contributed by atoms with van der Waals surface area (Å²) in [6, 6.07) is 7.43. The van der Waals surface area contributed by atoms with Crippen LogP contribution in [0.4, 0.5) is 5.69 Å². The van der Waals surface area contributed by atoms with Gasteiger partial charge in [-0.05, 0) is 35.0 Å². The van der Waals surface area contributed by atoms with Crippen LogP contribution in [-0.2, 0) is 10.0 Å². The number of halogens is 1. The van der Waals surface area contributed by atoms with Crippen LogP contribution in [0.1, 0.15) is 20.8 Å². The van der Waals surface area contributed by atoms with Crippen LogP contribution < -0.4 is 10.0 Å². The second-order valence-corrected chi connectivity index (χ2v) is 7.45. The number of benzene rings is 1. The van der Waals surface area contributed by atoms with Crippen molar-refractivity contribution >= 4 is 31.6 Å². The van der Waals surface area contributed by atoms with E-state index in [9.17, 15) is 8.42 Å². The fraction of sp³-hybridized carbons (Fsp3) is 0.500. The zero-order chi connectivity index (χ0) is 13.8. The Morgan fingerprint density at radius 2 is 1.83 bits per heavy atom. The van der Waals surface area contributed by atoms with Gasteiger partial charge in [0.25, 0.3) is 0 Å². The molecule has 0 amide bonds. The molecule has 0 spiro atoms. The van der Waals surface area contributed by atoms with Gasteiger partial charge in [-0.15, -0.1) is 0 Å². The number of para-hydroxylation sites is 1. The van der Waals surface area contributed by atoms with E-state index in [4.69, 9.17) is 0 Å². The second-order valence-electron chi connectivity index (χ2n) is 4.50. The summed E-state index contributed by atoms with van der Waals surface area (Å²) in [5.41, 5.74) is 0.564. The molecule has 0 saturated carbocycles. The third-order valence-corrected chi connectivity index (χ3v) is 4.89. The lowest BCUT2D eigenvalue weighted by atomic mass is 10.3. The Morgan fingerprint density at radius 1 is 1.22 bits per heavy atom. The monoisotopic (exact) mass is 334 g/mol. The number of hydrogen-bond donors (Lipinski definition) is 2. The molecule has 0 fully saturated rings. The van der Waals surface area contributed by atoms with E-state index < -0.39 is 15.3 Å². The third kappa shape index (κ3) is 4.59. The van der Waals surface area contributed by atoms with Gasteiger partial charge in [0.05, 0.1) is 10.9 Å². The van der Waals surface area contributed by atoms with Gasteiger partial charge in [-0.3, -0.25) is 4.72 Å². The van der Waals surface area contributed by atoms with Gasteiger partial charge in [0.2, 0.25) is 10.0 Å². The summed E-state index contributed by atoms with van der Waals surface area (Å²) in [7, 11) is -3.37. The average molecular weight is 335 g/mol. The predicted molar refractivity (Wildman–Crippen MR) is 79.3 cm³/mol. The Hall–Kier alpha value is -0.590. The maximum absolute atomic E-state index is 12.1. The molecule has 0 heterocycles. The molecule has 4 nitrogen and oxygen atoms in total. The van der Waals surface area contributed by atoms with Crippen molar-refractivity contribution in [1.29, 1.82) is 0 Å². The number of sulfonamides is 1. The Balaban J connectivity index is 2.73. The Kier molecular flexibility index (Phi) is 5.62. The minimum absolute atomic E-state index is 0.270. The van der Waals surface area contributed by atoms with Crippen molar-refractivity contribution in [3.05, 3.63) is 28.7 Å². The number of nitrogens with one attached hydrogen (secondary N) is 2. The molecule has 0 radical (unpaired) electrons. The first-order valence-electron chi connectivity index (χ1n) is 5.82. The quantitative estimate of drug-likeness (QED) is 0.840. The third-order valence-electron chi connectivity index (χ3n) is 2.47. The van der Waals surface area contributed by atoms with E-state index in [1.165, 1.54) is 0 Å². The molecule has 2 N–H and O–H groups in total. The molecule has 6 heteroatoms. The zero-order valence-electron chi connectivity index (χ0n) is 10.8. The van der Waals surface area contributed by atoms with Gasteiger partial charge in [0, 0.05) is 17.1 Å². The van der Waals surface area contributed by atoms with Crippen LogP contribution in [0.25, 0.3) is 0 Å². The Morgan fingerprint density at radius 3 is 2.39 bits per heavy atom. The first kappa shape index (κ1) is 15.5. The predicted octanol–water partition coefficient (Wildman–Crippen LogP) is 2.58. The highest BCUT2D eigenvalue weighted by Gasteiger charge is 2.21. The molecule has 18 heavy (non-hydrogen) atoms. The van der Waals surface area contributed by atoms with Gasteiger partial charge in [-0.2, -0.15) is 0 Å². The van der Waals surface area contributed by atoms with Gasteiger partial charge in [-0.25, -0.2) is 8.42 Å². The maximum atomic E-state index is 12.1. The number of hydrogen-bond acceptors (Lipinski definition) is 3. The van der Waals surface area contributed by atoms with Crippen molar-refractivity contribution < 1.29 is 8.42 Å². The molecule has 0 bridgehead atoms. The second kappa shape index (κ2) is 6.54. The molecule has 0 aliphatic heterocycles. The highest BCUT2D eigenvalue weighted by molar-refractivity contribution is 9.10. The summed E-state index contributed by atoms with van der Waals surface area (Å²) in [5.74, 6) is 0. The lowest BCUT2D eigenvalue weighted by molar-refractivity contribution is 0.553. The molecule has 1 aromatic rings. The highest BCUT2D eigenvalue weighted by atomic mass is 79.9. The molecular weight excluding hydrogens is 316 g/mol. The van der Waals surface area contributed by atoms with Crippen molar-refractivity contribution in [3.63, 3.8) is 0 Å². The van der Waals surface area contributed by atoms with Crippen LogP contribution in [0.2, 0.25) is 0 Å².